The van der Waals surface area contributed by atoms with Gasteiger partial charge in [0.25, 0.3) is 0 Å². The van der Waals surface area contributed by atoms with Crippen molar-refractivity contribution in [2.75, 3.05) is 6.54 Å². The van der Waals surface area contributed by atoms with Gasteiger partial charge in [-0.2, -0.15) is 0 Å². The number of likely N-dealkylation sites (tertiary alicyclic amines) is 1. The number of esters is 1. The van der Waals surface area contributed by atoms with Crippen LogP contribution in [-0.2, 0) is 16.1 Å². The molecule has 1 aromatic heterocycles. The molecule has 0 spiro atoms. The third-order valence-electron chi connectivity index (χ3n) is 4.02. The summed E-state index contributed by atoms with van der Waals surface area (Å²) in [5.41, 5.74) is 2.03. The fourth-order valence-corrected chi connectivity index (χ4v) is 2.78. The lowest BCUT2D eigenvalue weighted by molar-refractivity contribution is -0.139. The minimum atomic E-state index is -0.432. The maximum atomic E-state index is 12.3. The number of furan rings is 1. The lowest BCUT2D eigenvalue weighted by atomic mass is 10.1. The predicted octanol–water partition coefficient (Wildman–Crippen LogP) is 2.85. The van der Waals surface area contributed by atoms with E-state index in [0.29, 0.717) is 24.6 Å². The van der Waals surface area contributed by atoms with Crippen LogP contribution in [0.5, 0.6) is 5.75 Å². The molecule has 120 valence electrons. The summed E-state index contributed by atoms with van der Waals surface area (Å²) in [6.07, 6.45) is 1.76. The molecule has 5 heteroatoms. The van der Waals surface area contributed by atoms with Crippen molar-refractivity contribution in [2.45, 2.75) is 26.8 Å². The number of hydrogen-bond acceptors (Lipinski definition) is 4. The Morgan fingerprint density at radius 2 is 2.17 bits per heavy atom. The van der Waals surface area contributed by atoms with E-state index in [0.717, 1.165) is 11.1 Å². The van der Waals surface area contributed by atoms with E-state index in [9.17, 15) is 9.59 Å². The van der Waals surface area contributed by atoms with E-state index < -0.39 is 5.92 Å². The zero-order valence-electron chi connectivity index (χ0n) is 13.2. The molecule has 1 aliphatic heterocycles. The Morgan fingerprint density at radius 3 is 2.87 bits per heavy atom. The summed E-state index contributed by atoms with van der Waals surface area (Å²) >= 11 is 0. The minimum Gasteiger partial charge on any atom is -0.467 e. The van der Waals surface area contributed by atoms with Gasteiger partial charge in [-0.3, -0.25) is 9.59 Å². The van der Waals surface area contributed by atoms with Crippen LogP contribution in [0.3, 0.4) is 0 Å². The summed E-state index contributed by atoms with van der Waals surface area (Å²) in [6.45, 7) is 4.64. The molecule has 0 aliphatic carbocycles. The number of carbonyl (C=O) groups excluding carboxylic acids is 2. The predicted molar refractivity (Wildman–Crippen MR) is 83.8 cm³/mol. The van der Waals surface area contributed by atoms with Gasteiger partial charge in [-0.15, -0.1) is 0 Å². The van der Waals surface area contributed by atoms with E-state index in [2.05, 4.69) is 0 Å². The van der Waals surface area contributed by atoms with Gasteiger partial charge in [-0.05, 0) is 37.6 Å². The fourth-order valence-electron chi connectivity index (χ4n) is 2.78. The maximum absolute atomic E-state index is 12.3. The number of ether oxygens (including phenoxy) is 1. The molecule has 0 radical (unpaired) electrons. The summed E-state index contributed by atoms with van der Waals surface area (Å²) in [4.78, 5) is 26.0. The van der Waals surface area contributed by atoms with Crippen LogP contribution in [0.25, 0.3) is 0 Å². The van der Waals surface area contributed by atoms with Gasteiger partial charge in [0, 0.05) is 13.0 Å². The first-order valence-corrected chi connectivity index (χ1v) is 7.62. The van der Waals surface area contributed by atoms with Gasteiger partial charge >= 0.3 is 5.97 Å². The van der Waals surface area contributed by atoms with Crippen LogP contribution in [0.2, 0.25) is 0 Å². The number of benzene rings is 1. The molecule has 0 saturated carbocycles. The Labute approximate surface area is 134 Å². The van der Waals surface area contributed by atoms with Crippen molar-refractivity contribution in [3.8, 4) is 5.75 Å². The molecule has 1 atom stereocenters. The second-order valence-electron chi connectivity index (χ2n) is 5.94. The number of nitrogens with zero attached hydrogens (tertiary/aromatic N) is 1. The van der Waals surface area contributed by atoms with Crippen molar-refractivity contribution >= 4 is 11.9 Å². The van der Waals surface area contributed by atoms with Crippen molar-refractivity contribution in [3.63, 3.8) is 0 Å². The molecule has 1 aliphatic rings. The minimum absolute atomic E-state index is 0.0519. The number of hydrogen-bond donors (Lipinski definition) is 0. The van der Waals surface area contributed by atoms with Gasteiger partial charge in [-0.25, -0.2) is 0 Å². The van der Waals surface area contributed by atoms with Crippen molar-refractivity contribution in [2.24, 2.45) is 5.92 Å². The van der Waals surface area contributed by atoms with Crippen LogP contribution in [0, 0.1) is 19.8 Å². The zero-order valence-corrected chi connectivity index (χ0v) is 13.2. The molecule has 0 N–H and O–H groups in total. The van der Waals surface area contributed by atoms with Crippen molar-refractivity contribution in [1.29, 1.82) is 0 Å². The molecule has 1 saturated heterocycles. The Morgan fingerprint density at radius 1 is 1.35 bits per heavy atom. The monoisotopic (exact) mass is 313 g/mol. The van der Waals surface area contributed by atoms with Crippen LogP contribution in [0.4, 0.5) is 0 Å². The smallest absolute Gasteiger partial charge is 0.316 e. The van der Waals surface area contributed by atoms with Gasteiger partial charge in [0.1, 0.15) is 11.5 Å². The van der Waals surface area contributed by atoms with Crippen LogP contribution >= 0.6 is 0 Å². The lowest BCUT2D eigenvalue weighted by Gasteiger charge is -2.15. The quantitative estimate of drug-likeness (QED) is 0.643. The van der Waals surface area contributed by atoms with Crippen molar-refractivity contribution < 1.29 is 18.7 Å². The molecule has 5 nitrogen and oxygen atoms in total. The third-order valence-corrected chi connectivity index (χ3v) is 4.02. The van der Waals surface area contributed by atoms with Crippen molar-refractivity contribution in [1.82, 2.24) is 4.90 Å². The standard InChI is InChI=1S/C18H19NO4/c1-12-5-6-16(13(2)8-12)23-18(21)14-9-17(20)19(10-14)11-15-4-3-7-22-15/h3-8,14H,9-11H2,1-2H3. The SMILES string of the molecule is Cc1ccc(OC(=O)C2CC(=O)N(Cc3ccco3)C2)c(C)c1. The van der Waals surface area contributed by atoms with E-state index in [1.807, 2.05) is 32.0 Å². The van der Waals surface area contributed by atoms with Gasteiger partial charge in [-0.1, -0.05) is 17.7 Å². The highest BCUT2D eigenvalue weighted by atomic mass is 16.5. The second kappa shape index (κ2) is 6.28. The number of rotatable bonds is 4. The van der Waals surface area contributed by atoms with Gasteiger partial charge in [0.05, 0.1) is 18.7 Å². The summed E-state index contributed by atoms with van der Waals surface area (Å²) < 4.78 is 10.7. The number of carbonyl (C=O) groups is 2. The van der Waals surface area contributed by atoms with E-state index in [1.54, 1.807) is 23.3 Å². The lowest BCUT2D eigenvalue weighted by Crippen LogP contribution is -2.27. The average molecular weight is 313 g/mol. The number of aryl methyl sites for hydroxylation is 2. The largest absolute Gasteiger partial charge is 0.467 e. The first kappa shape index (κ1) is 15.3. The Balaban J connectivity index is 1.63. The van der Waals surface area contributed by atoms with E-state index in [4.69, 9.17) is 9.15 Å². The normalized spacial score (nSPS) is 17.6. The van der Waals surface area contributed by atoms with Crippen LogP contribution in [0.1, 0.15) is 23.3 Å². The van der Waals surface area contributed by atoms with Gasteiger partial charge < -0.3 is 14.1 Å². The van der Waals surface area contributed by atoms with E-state index in [-0.39, 0.29) is 18.3 Å². The van der Waals surface area contributed by atoms with Crippen LogP contribution in [0.15, 0.2) is 41.0 Å². The van der Waals surface area contributed by atoms with Gasteiger partial charge in [0.15, 0.2) is 0 Å². The molecule has 1 fully saturated rings. The molecular weight excluding hydrogens is 294 g/mol. The number of amides is 1. The maximum Gasteiger partial charge on any atom is 0.316 e. The Kier molecular flexibility index (Phi) is 4.19. The molecule has 1 amide bonds. The zero-order chi connectivity index (χ0) is 16.4. The third kappa shape index (κ3) is 3.44. The summed E-state index contributed by atoms with van der Waals surface area (Å²) in [6, 6.07) is 9.25. The van der Waals surface area contributed by atoms with Crippen molar-refractivity contribution in [3.05, 3.63) is 53.5 Å². The summed E-state index contributed by atoms with van der Waals surface area (Å²) in [5, 5.41) is 0. The van der Waals surface area contributed by atoms with Crippen LogP contribution in [-0.4, -0.2) is 23.3 Å². The first-order valence-electron chi connectivity index (χ1n) is 7.62. The second-order valence-corrected chi connectivity index (χ2v) is 5.94. The molecule has 2 aromatic rings. The highest BCUT2D eigenvalue weighted by molar-refractivity contribution is 5.87. The topological polar surface area (TPSA) is 59.8 Å². The fraction of sp³-hybridized carbons (Fsp3) is 0.333. The first-order chi connectivity index (χ1) is 11.0. The van der Waals surface area contributed by atoms with E-state index in [1.165, 1.54) is 0 Å². The molecule has 3 rings (SSSR count). The highest BCUT2D eigenvalue weighted by Crippen LogP contribution is 2.25. The molecule has 1 aromatic carbocycles. The van der Waals surface area contributed by atoms with Gasteiger partial charge in [0.2, 0.25) is 5.91 Å². The van der Waals surface area contributed by atoms with E-state index >= 15 is 0 Å². The molecule has 2 heterocycles. The molecular formula is C18H19NO4. The summed E-state index contributed by atoms with van der Waals surface area (Å²) in [5.74, 6) is 0.425. The highest BCUT2D eigenvalue weighted by Gasteiger charge is 2.36. The Hall–Kier alpha value is -2.56. The molecule has 23 heavy (non-hydrogen) atoms. The van der Waals surface area contributed by atoms with Crippen LogP contribution < -0.4 is 4.74 Å². The molecule has 1 unspecified atom stereocenters. The average Bonchev–Trinajstić information content (AvgIpc) is 3.13. The molecule has 0 bridgehead atoms. The summed E-state index contributed by atoms with van der Waals surface area (Å²) in [7, 11) is 0. The Bertz CT molecular complexity index is 721.